The van der Waals surface area contributed by atoms with Crippen LogP contribution in [0.15, 0.2) is 36.0 Å². The van der Waals surface area contributed by atoms with Crippen molar-refractivity contribution in [2.75, 3.05) is 6.61 Å². The minimum absolute atomic E-state index is 0.110. The zero-order valence-corrected chi connectivity index (χ0v) is 12.7. The lowest BCUT2D eigenvalue weighted by molar-refractivity contribution is 0.102. The molecule has 0 fully saturated rings. The molecule has 1 rings (SSSR count). The summed E-state index contributed by atoms with van der Waals surface area (Å²) in [6, 6.07) is 0. The molecule has 1 N–H and O–H groups in total. The molecular weight excluding hydrogens is 240 g/mol. The van der Waals surface area contributed by atoms with Crippen LogP contribution in [0.3, 0.4) is 0 Å². The third kappa shape index (κ3) is 14.4. The van der Waals surface area contributed by atoms with Gasteiger partial charge in [-0.05, 0) is 31.8 Å². The van der Waals surface area contributed by atoms with Crippen LogP contribution in [0.1, 0.15) is 53.4 Å². The zero-order valence-electron chi connectivity index (χ0n) is 12.7. The van der Waals surface area contributed by atoms with Crippen molar-refractivity contribution in [2.24, 2.45) is 0 Å². The first-order valence-corrected chi connectivity index (χ1v) is 7.17. The molecule has 0 radical (unpaired) electrons. The van der Waals surface area contributed by atoms with Gasteiger partial charge < -0.3 is 9.84 Å². The van der Waals surface area contributed by atoms with Gasteiger partial charge in [0.25, 0.3) is 0 Å². The van der Waals surface area contributed by atoms with Gasteiger partial charge >= 0.3 is 6.16 Å². The van der Waals surface area contributed by atoms with E-state index in [1.54, 1.807) is 12.2 Å². The SMILES string of the molecule is CC.CC.O=C(O)OC/C=C/C=C/C1=CCCCC1. The average molecular weight is 268 g/mol. The van der Waals surface area contributed by atoms with E-state index in [0.29, 0.717) is 0 Å². The van der Waals surface area contributed by atoms with Crippen LogP contribution in [-0.4, -0.2) is 17.9 Å². The third-order valence-electron chi connectivity index (χ3n) is 2.19. The van der Waals surface area contributed by atoms with E-state index in [1.807, 2.05) is 33.8 Å². The van der Waals surface area contributed by atoms with Crippen LogP contribution in [0.25, 0.3) is 0 Å². The molecule has 0 aromatic heterocycles. The Labute approximate surface area is 117 Å². The normalized spacial score (nSPS) is 14.0. The van der Waals surface area contributed by atoms with Crippen molar-refractivity contribution in [1.29, 1.82) is 0 Å². The van der Waals surface area contributed by atoms with E-state index in [9.17, 15) is 4.79 Å². The standard InChI is InChI=1S/C12H16O3.2C2H6/c13-12(14)15-10-6-2-5-9-11-7-3-1-4-8-11;2*1-2/h2,5-7,9H,1,3-4,8,10H2,(H,13,14);2*1-2H3/b6-2+,9-5+;;. The Morgan fingerprint density at radius 3 is 2.47 bits per heavy atom. The van der Waals surface area contributed by atoms with Gasteiger partial charge in [-0.3, -0.25) is 0 Å². The van der Waals surface area contributed by atoms with Gasteiger partial charge in [0, 0.05) is 0 Å². The average Bonchev–Trinajstić information content (AvgIpc) is 2.48. The quantitative estimate of drug-likeness (QED) is 0.552. The summed E-state index contributed by atoms with van der Waals surface area (Å²) in [7, 11) is 0. The van der Waals surface area contributed by atoms with Crippen LogP contribution in [0.4, 0.5) is 4.79 Å². The first-order valence-electron chi connectivity index (χ1n) is 7.17. The van der Waals surface area contributed by atoms with Crippen LogP contribution in [0.5, 0.6) is 0 Å². The highest BCUT2D eigenvalue weighted by Crippen LogP contribution is 2.17. The van der Waals surface area contributed by atoms with Gasteiger partial charge in [-0.25, -0.2) is 4.79 Å². The van der Waals surface area contributed by atoms with E-state index in [1.165, 1.54) is 24.8 Å². The van der Waals surface area contributed by atoms with Gasteiger partial charge in [0.15, 0.2) is 0 Å². The second-order valence-electron chi connectivity index (χ2n) is 3.39. The lowest BCUT2D eigenvalue weighted by atomic mass is 9.99. The Morgan fingerprint density at radius 2 is 1.95 bits per heavy atom. The third-order valence-corrected chi connectivity index (χ3v) is 2.19. The van der Waals surface area contributed by atoms with Crippen LogP contribution >= 0.6 is 0 Å². The van der Waals surface area contributed by atoms with Gasteiger partial charge in [-0.1, -0.05) is 57.6 Å². The minimum atomic E-state index is -1.24. The number of allylic oxidation sites excluding steroid dienone is 5. The highest BCUT2D eigenvalue weighted by molar-refractivity contribution is 5.56. The van der Waals surface area contributed by atoms with Crippen molar-refractivity contribution in [1.82, 2.24) is 0 Å². The molecule has 3 nitrogen and oxygen atoms in total. The molecule has 0 saturated heterocycles. The predicted octanol–water partition coefficient (Wildman–Crippen LogP) is 5.35. The number of rotatable bonds is 4. The maximum Gasteiger partial charge on any atom is 0.506 e. The van der Waals surface area contributed by atoms with E-state index in [0.717, 1.165) is 6.42 Å². The largest absolute Gasteiger partial charge is 0.506 e. The molecule has 1 aliphatic carbocycles. The molecule has 0 aliphatic heterocycles. The summed E-state index contributed by atoms with van der Waals surface area (Å²) < 4.78 is 4.32. The van der Waals surface area contributed by atoms with Crippen molar-refractivity contribution in [3.8, 4) is 0 Å². The van der Waals surface area contributed by atoms with E-state index in [-0.39, 0.29) is 6.61 Å². The van der Waals surface area contributed by atoms with E-state index in [2.05, 4.69) is 16.9 Å². The van der Waals surface area contributed by atoms with Gasteiger partial charge in [0.05, 0.1) is 0 Å². The smallest absolute Gasteiger partial charge is 0.450 e. The fraction of sp³-hybridized carbons (Fsp3) is 0.562. The summed E-state index contributed by atoms with van der Waals surface area (Å²) in [6.07, 6.45) is 13.4. The van der Waals surface area contributed by atoms with E-state index < -0.39 is 6.16 Å². The minimum Gasteiger partial charge on any atom is -0.450 e. The first-order chi connectivity index (χ1) is 9.29. The van der Waals surface area contributed by atoms with Crippen molar-refractivity contribution in [3.05, 3.63) is 36.0 Å². The predicted molar refractivity (Wildman–Crippen MR) is 81.5 cm³/mol. The van der Waals surface area contributed by atoms with E-state index in [4.69, 9.17) is 5.11 Å². The second-order valence-corrected chi connectivity index (χ2v) is 3.39. The molecule has 0 atom stereocenters. The molecule has 0 aromatic carbocycles. The van der Waals surface area contributed by atoms with Gasteiger partial charge in [0.1, 0.15) is 6.61 Å². The van der Waals surface area contributed by atoms with Crippen LogP contribution < -0.4 is 0 Å². The lowest BCUT2D eigenvalue weighted by Gasteiger charge is -2.07. The zero-order chi connectivity index (χ0) is 14.9. The molecule has 110 valence electrons. The monoisotopic (exact) mass is 268 g/mol. The molecule has 0 bridgehead atoms. The summed E-state index contributed by atoms with van der Waals surface area (Å²) in [5.74, 6) is 0. The number of hydrogen-bond donors (Lipinski definition) is 1. The maximum absolute atomic E-state index is 10.00. The van der Waals surface area contributed by atoms with Crippen molar-refractivity contribution < 1.29 is 14.6 Å². The fourth-order valence-electron chi connectivity index (χ4n) is 1.45. The molecule has 3 heteroatoms. The van der Waals surface area contributed by atoms with E-state index >= 15 is 0 Å². The van der Waals surface area contributed by atoms with Gasteiger partial charge in [0.2, 0.25) is 0 Å². The van der Waals surface area contributed by atoms with Gasteiger partial charge in [-0.15, -0.1) is 0 Å². The number of hydrogen-bond acceptors (Lipinski definition) is 2. The Kier molecular flexibility index (Phi) is 17.2. The fourth-order valence-corrected chi connectivity index (χ4v) is 1.45. The molecule has 1 aliphatic rings. The Balaban J connectivity index is 0. The molecule has 0 heterocycles. The lowest BCUT2D eigenvalue weighted by Crippen LogP contribution is -1.98. The summed E-state index contributed by atoms with van der Waals surface area (Å²) >= 11 is 0. The Hall–Kier alpha value is -1.51. The van der Waals surface area contributed by atoms with Crippen LogP contribution in [-0.2, 0) is 4.74 Å². The molecule has 0 amide bonds. The maximum atomic E-state index is 10.00. The Morgan fingerprint density at radius 1 is 1.26 bits per heavy atom. The molecule has 0 aromatic rings. The highest BCUT2D eigenvalue weighted by atomic mass is 16.7. The Bertz CT molecular complexity index is 288. The highest BCUT2D eigenvalue weighted by Gasteiger charge is 1.98. The first kappa shape index (κ1) is 19.8. The number of carbonyl (C=O) groups is 1. The van der Waals surface area contributed by atoms with Crippen LogP contribution in [0, 0.1) is 0 Å². The van der Waals surface area contributed by atoms with Gasteiger partial charge in [-0.2, -0.15) is 0 Å². The summed E-state index contributed by atoms with van der Waals surface area (Å²) in [6.45, 7) is 8.11. The molecule has 19 heavy (non-hydrogen) atoms. The summed E-state index contributed by atoms with van der Waals surface area (Å²) in [4.78, 5) is 10.00. The number of carboxylic acid groups (broad SMARTS) is 1. The number of ether oxygens (including phenoxy) is 1. The van der Waals surface area contributed by atoms with Crippen LogP contribution in [0.2, 0.25) is 0 Å². The summed E-state index contributed by atoms with van der Waals surface area (Å²) in [5.41, 5.74) is 1.37. The van der Waals surface area contributed by atoms with Crippen molar-refractivity contribution in [3.63, 3.8) is 0 Å². The molecule has 0 spiro atoms. The summed E-state index contributed by atoms with van der Waals surface area (Å²) in [5, 5.41) is 8.19. The van der Waals surface area contributed by atoms with Crippen molar-refractivity contribution in [2.45, 2.75) is 53.4 Å². The van der Waals surface area contributed by atoms with Crippen molar-refractivity contribution >= 4 is 6.16 Å². The molecule has 0 unspecified atom stereocenters. The second kappa shape index (κ2) is 16.5. The molecular formula is C16H28O3. The molecule has 0 saturated carbocycles. The topological polar surface area (TPSA) is 46.5 Å².